The zero-order valence-corrected chi connectivity index (χ0v) is 14.7. The number of rotatable bonds is 3. The Labute approximate surface area is 140 Å². The Balaban J connectivity index is 2.11. The average molecular weight is 353 g/mol. The third-order valence-electron chi connectivity index (χ3n) is 4.27. The van der Waals surface area contributed by atoms with E-state index in [-0.39, 0.29) is 12.4 Å². The van der Waals surface area contributed by atoms with Crippen molar-refractivity contribution in [3.8, 4) is 5.69 Å². The molecule has 0 spiro atoms. The first-order valence-electron chi connectivity index (χ1n) is 7.66. The highest BCUT2D eigenvalue weighted by Gasteiger charge is 2.35. The molecule has 1 aliphatic rings. The summed E-state index contributed by atoms with van der Waals surface area (Å²) in [6, 6.07) is 5.92. The molecule has 1 aromatic carbocycles. The normalized spacial score (nSPS) is 19.6. The summed E-state index contributed by atoms with van der Waals surface area (Å²) < 4.78 is 46.8. The molecule has 2 aromatic rings. The quantitative estimate of drug-likeness (QED) is 0.846. The van der Waals surface area contributed by atoms with Crippen LogP contribution in [0.2, 0.25) is 0 Å². The summed E-state index contributed by atoms with van der Waals surface area (Å²) in [5, 5.41) is 4.43. The first kappa shape index (κ1) is 17.1. The number of sulfonamides is 1. The Kier molecular flexibility index (Phi) is 4.46. The molecule has 1 fully saturated rings. The third-order valence-corrected chi connectivity index (χ3v) is 5.56. The summed E-state index contributed by atoms with van der Waals surface area (Å²) in [7, 11) is -3.38. The van der Waals surface area contributed by atoms with Gasteiger partial charge in [-0.3, -0.25) is 0 Å². The summed E-state index contributed by atoms with van der Waals surface area (Å²) in [6.07, 6.45) is 1.19. The molecule has 0 N–H and O–H groups in total. The lowest BCUT2D eigenvalue weighted by Gasteiger charge is -2.34. The van der Waals surface area contributed by atoms with Gasteiger partial charge >= 0.3 is 0 Å². The predicted molar refractivity (Wildman–Crippen MR) is 88.1 cm³/mol. The molecule has 24 heavy (non-hydrogen) atoms. The van der Waals surface area contributed by atoms with Crippen LogP contribution in [0.4, 0.5) is 4.39 Å². The first-order valence-corrected chi connectivity index (χ1v) is 9.51. The van der Waals surface area contributed by atoms with E-state index in [9.17, 15) is 12.8 Å². The summed E-state index contributed by atoms with van der Waals surface area (Å²) in [5.41, 5.74) is 2.48. The van der Waals surface area contributed by atoms with Crippen molar-refractivity contribution < 1.29 is 17.5 Å². The van der Waals surface area contributed by atoms with Gasteiger partial charge in [0.1, 0.15) is 11.5 Å². The molecule has 6 nitrogen and oxygen atoms in total. The van der Waals surface area contributed by atoms with Crippen LogP contribution in [-0.2, 0) is 14.8 Å². The molecule has 0 bridgehead atoms. The van der Waals surface area contributed by atoms with Gasteiger partial charge in [0.2, 0.25) is 10.0 Å². The zero-order chi connectivity index (χ0) is 17.5. The monoisotopic (exact) mass is 353 g/mol. The van der Waals surface area contributed by atoms with E-state index in [0.717, 1.165) is 5.56 Å². The van der Waals surface area contributed by atoms with Gasteiger partial charge in [0.05, 0.1) is 31.2 Å². The number of aromatic nitrogens is 2. The highest BCUT2D eigenvalue weighted by Crippen LogP contribution is 2.32. The lowest BCUT2D eigenvalue weighted by molar-refractivity contribution is 0.0319. The van der Waals surface area contributed by atoms with E-state index >= 15 is 0 Å². The average Bonchev–Trinajstić information content (AvgIpc) is 2.81. The first-order chi connectivity index (χ1) is 11.3. The minimum absolute atomic E-state index is 0.262. The molecule has 0 aliphatic carbocycles. The maximum Gasteiger partial charge on any atom is 0.211 e. The van der Waals surface area contributed by atoms with Crippen molar-refractivity contribution in [1.29, 1.82) is 0 Å². The number of morpholine rings is 1. The number of nitrogens with zero attached hydrogens (tertiary/aromatic N) is 3. The van der Waals surface area contributed by atoms with Gasteiger partial charge in [0, 0.05) is 17.8 Å². The molecule has 0 saturated carbocycles. The van der Waals surface area contributed by atoms with Crippen LogP contribution in [0.5, 0.6) is 0 Å². The van der Waals surface area contributed by atoms with Crippen LogP contribution in [0.3, 0.4) is 0 Å². The minimum atomic E-state index is -3.38. The number of halogens is 1. The van der Waals surface area contributed by atoms with Crippen LogP contribution in [0.15, 0.2) is 24.3 Å². The van der Waals surface area contributed by atoms with Gasteiger partial charge in [0.25, 0.3) is 0 Å². The predicted octanol–water partition coefficient (Wildman–Crippen LogP) is 1.96. The zero-order valence-electron chi connectivity index (χ0n) is 13.9. The molecule has 1 atom stereocenters. The van der Waals surface area contributed by atoms with E-state index in [1.54, 1.807) is 25.1 Å². The highest BCUT2D eigenvalue weighted by atomic mass is 32.2. The van der Waals surface area contributed by atoms with E-state index in [0.29, 0.717) is 30.2 Å². The van der Waals surface area contributed by atoms with Gasteiger partial charge < -0.3 is 4.74 Å². The van der Waals surface area contributed by atoms with Crippen molar-refractivity contribution in [2.75, 3.05) is 26.0 Å². The van der Waals surface area contributed by atoms with Crippen LogP contribution in [0.1, 0.15) is 23.0 Å². The minimum Gasteiger partial charge on any atom is -0.378 e. The maximum atomic E-state index is 14.1. The molecule has 1 saturated heterocycles. The Morgan fingerprint density at radius 1 is 1.29 bits per heavy atom. The molecule has 130 valence electrons. The molecule has 1 aliphatic heterocycles. The van der Waals surface area contributed by atoms with E-state index in [1.807, 2.05) is 6.92 Å². The fourth-order valence-corrected chi connectivity index (χ4v) is 4.24. The molecule has 2 heterocycles. The molecule has 8 heteroatoms. The van der Waals surface area contributed by atoms with Crippen molar-refractivity contribution in [1.82, 2.24) is 14.1 Å². The van der Waals surface area contributed by atoms with Crippen LogP contribution in [-0.4, -0.2) is 48.5 Å². The summed E-state index contributed by atoms with van der Waals surface area (Å²) >= 11 is 0. The van der Waals surface area contributed by atoms with Gasteiger partial charge in [-0.2, -0.15) is 9.40 Å². The molecular formula is C16H20FN3O3S. The maximum absolute atomic E-state index is 14.1. The highest BCUT2D eigenvalue weighted by molar-refractivity contribution is 7.88. The van der Waals surface area contributed by atoms with Crippen molar-refractivity contribution in [2.24, 2.45) is 0 Å². The Morgan fingerprint density at radius 3 is 2.67 bits per heavy atom. The van der Waals surface area contributed by atoms with Gasteiger partial charge in [-0.05, 0) is 26.0 Å². The van der Waals surface area contributed by atoms with Crippen molar-refractivity contribution in [2.45, 2.75) is 19.9 Å². The van der Waals surface area contributed by atoms with Gasteiger partial charge in [-0.25, -0.2) is 17.5 Å². The molecule has 0 unspecified atom stereocenters. The lowest BCUT2D eigenvalue weighted by Crippen LogP contribution is -2.43. The number of para-hydroxylation sites is 1. The largest absolute Gasteiger partial charge is 0.378 e. The fraction of sp³-hybridized carbons (Fsp3) is 0.438. The smallest absolute Gasteiger partial charge is 0.211 e. The molecule has 0 amide bonds. The number of hydrogen-bond acceptors (Lipinski definition) is 4. The van der Waals surface area contributed by atoms with E-state index in [2.05, 4.69) is 5.10 Å². The Morgan fingerprint density at radius 2 is 2.00 bits per heavy atom. The van der Waals surface area contributed by atoms with E-state index < -0.39 is 16.1 Å². The van der Waals surface area contributed by atoms with Gasteiger partial charge in [0.15, 0.2) is 0 Å². The van der Waals surface area contributed by atoms with E-state index in [4.69, 9.17) is 4.74 Å². The number of aryl methyl sites for hydroxylation is 1. The Hall–Kier alpha value is -1.77. The lowest BCUT2D eigenvalue weighted by atomic mass is 10.0. The SMILES string of the molecule is Cc1nn(-c2ccccc2F)c(C)c1[C@@H]1COCCN1S(C)(=O)=O. The standard InChI is InChI=1S/C16H20FN3O3S/c1-11-16(15-10-23-9-8-19(15)24(3,21)22)12(2)20(18-11)14-7-5-4-6-13(14)17/h4-7,15H,8-10H2,1-3H3/t15-/m0/s1. The number of benzene rings is 1. The number of hydrogen-bond donors (Lipinski definition) is 0. The molecular weight excluding hydrogens is 333 g/mol. The second-order valence-corrected chi connectivity index (χ2v) is 7.85. The second kappa shape index (κ2) is 6.27. The van der Waals surface area contributed by atoms with Crippen molar-refractivity contribution >= 4 is 10.0 Å². The van der Waals surface area contributed by atoms with Crippen LogP contribution in [0.25, 0.3) is 5.69 Å². The van der Waals surface area contributed by atoms with Crippen LogP contribution in [0, 0.1) is 19.7 Å². The number of ether oxygens (including phenoxy) is 1. The van der Waals surface area contributed by atoms with Crippen molar-refractivity contribution in [3.05, 3.63) is 47.0 Å². The van der Waals surface area contributed by atoms with Crippen molar-refractivity contribution in [3.63, 3.8) is 0 Å². The Bertz CT molecular complexity index is 863. The topological polar surface area (TPSA) is 64.4 Å². The van der Waals surface area contributed by atoms with Gasteiger partial charge in [-0.1, -0.05) is 12.1 Å². The van der Waals surface area contributed by atoms with E-state index in [1.165, 1.54) is 21.3 Å². The summed E-state index contributed by atoms with van der Waals surface area (Å²) in [5.74, 6) is -0.380. The fourth-order valence-electron chi connectivity index (χ4n) is 3.21. The van der Waals surface area contributed by atoms with Gasteiger partial charge in [-0.15, -0.1) is 0 Å². The second-order valence-electron chi connectivity index (χ2n) is 5.91. The van der Waals surface area contributed by atoms with Crippen LogP contribution >= 0.6 is 0 Å². The summed E-state index contributed by atoms with van der Waals surface area (Å²) in [4.78, 5) is 0. The molecule has 0 radical (unpaired) electrons. The molecule has 1 aromatic heterocycles. The third kappa shape index (κ3) is 2.97. The summed E-state index contributed by atoms with van der Waals surface area (Å²) in [6.45, 7) is 4.54. The molecule has 3 rings (SSSR count). The van der Waals surface area contributed by atoms with Crippen LogP contribution < -0.4 is 0 Å².